The van der Waals surface area contributed by atoms with Crippen molar-refractivity contribution >= 4 is 5.69 Å². The van der Waals surface area contributed by atoms with Crippen LogP contribution < -0.4 is 11.1 Å². The second kappa shape index (κ2) is 5.06. The highest BCUT2D eigenvalue weighted by atomic mass is 15.0. The zero-order valence-electron chi connectivity index (χ0n) is 11.1. The number of nitrogens with one attached hydrogen (secondary N) is 1. The van der Waals surface area contributed by atoms with Gasteiger partial charge in [-0.15, -0.1) is 0 Å². The molecular weight excluding hydrogens is 232 g/mol. The van der Waals surface area contributed by atoms with Gasteiger partial charge < -0.3 is 11.1 Å². The van der Waals surface area contributed by atoms with Gasteiger partial charge in [-0.3, -0.25) is 0 Å². The lowest BCUT2D eigenvalue weighted by Gasteiger charge is -2.40. The molecule has 0 amide bonds. The number of hydrogen-bond donors (Lipinski definition) is 2. The molecule has 1 unspecified atom stereocenters. The van der Waals surface area contributed by atoms with Gasteiger partial charge in [-0.05, 0) is 42.5 Å². The molecule has 2 aromatic carbocycles. The van der Waals surface area contributed by atoms with Gasteiger partial charge in [0.1, 0.15) is 0 Å². The Labute approximate surface area is 114 Å². The molecule has 2 nitrogen and oxygen atoms in total. The highest BCUT2D eigenvalue weighted by Gasteiger charge is 2.34. The van der Waals surface area contributed by atoms with Gasteiger partial charge in [0.25, 0.3) is 0 Å². The molecule has 0 bridgehead atoms. The predicted octanol–water partition coefficient (Wildman–Crippen LogP) is 3.29. The van der Waals surface area contributed by atoms with Gasteiger partial charge in [0.15, 0.2) is 0 Å². The van der Waals surface area contributed by atoms with Crippen LogP contribution in [0, 0.1) is 0 Å². The number of hydrogen-bond acceptors (Lipinski definition) is 2. The van der Waals surface area contributed by atoms with Crippen LogP contribution >= 0.6 is 0 Å². The van der Waals surface area contributed by atoms with E-state index in [2.05, 4.69) is 53.8 Å². The lowest BCUT2D eigenvalue weighted by Crippen LogP contribution is -2.45. The molecule has 19 heavy (non-hydrogen) atoms. The topological polar surface area (TPSA) is 38.0 Å². The van der Waals surface area contributed by atoms with Crippen molar-refractivity contribution in [3.63, 3.8) is 0 Å². The van der Waals surface area contributed by atoms with Crippen LogP contribution in [-0.2, 0) is 12.0 Å². The van der Waals surface area contributed by atoms with Gasteiger partial charge in [-0.1, -0.05) is 42.5 Å². The summed E-state index contributed by atoms with van der Waals surface area (Å²) in [7, 11) is 0. The maximum absolute atomic E-state index is 6.14. The highest BCUT2D eigenvalue weighted by molar-refractivity contribution is 5.50. The summed E-state index contributed by atoms with van der Waals surface area (Å²) in [6, 6.07) is 19.0. The maximum Gasteiger partial charge on any atom is 0.0750 e. The molecule has 1 aliphatic carbocycles. The van der Waals surface area contributed by atoms with Gasteiger partial charge in [-0.25, -0.2) is 0 Å². The van der Waals surface area contributed by atoms with Crippen LogP contribution in [-0.4, -0.2) is 6.54 Å². The van der Waals surface area contributed by atoms with Crippen LogP contribution in [0.3, 0.4) is 0 Å². The Morgan fingerprint density at radius 1 is 1.00 bits per heavy atom. The summed E-state index contributed by atoms with van der Waals surface area (Å²) in [6.45, 7) is 0.624. The zero-order valence-corrected chi connectivity index (χ0v) is 11.1. The molecule has 3 rings (SSSR count). The standard InChI is InChI=1S/C17H20N2/c18-13-17(19-15-9-2-1-3-10-15)12-6-8-14-7-4-5-11-16(14)17/h1-5,7,9-11,19H,6,8,12-13,18H2. The molecule has 2 heteroatoms. The average molecular weight is 252 g/mol. The molecule has 0 saturated carbocycles. The van der Waals surface area contributed by atoms with Crippen LogP contribution in [0.5, 0.6) is 0 Å². The fourth-order valence-corrected chi connectivity index (χ4v) is 3.11. The lowest BCUT2D eigenvalue weighted by molar-refractivity contribution is 0.417. The van der Waals surface area contributed by atoms with Gasteiger partial charge >= 0.3 is 0 Å². The van der Waals surface area contributed by atoms with E-state index in [1.165, 1.54) is 17.5 Å². The first-order valence-electron chi connectivity index (χ1n) is 6.96. The molecule has 0 saturated heterocycles. The molecule has 1 aliphatic rings. The van der Waals surface area contributed by atoms with Gasteiger partial charge in [0, 0.05) is 12.2 Å². The van der Waals surface area contributed by atoms with Crippen LogP contribution in [0.4, 0.5) is 5.69 Å². The van der Waals surface area contributed by atoms with Gasteiger partial charge in [-0.2, -0.15) is 0 Å². The second-order valence-corrected chi connectivity index (χ2v) is 5.29. The number of anilines is 1. The molecular formula is C17H20N2. The SMILES string of the molecule is NCC1(Nc2ccccc2)CCCc2ccccc21. The van der Waals surface area contributed by atoms with E-state index in [-0.39, 0.29) is 5.54 Å². The van der Waals surface area contributed by atoms with E-state index in [1.807, 2.05) is 6.07 Å². The number of aryl methyl sites for hydroxylation is 1. The summed E-state index contributed by atoms with van der Waals surface area (Å²) >= 11 is 0. The fourth-order valence-electron chi connectivity index (χ4n) is 3.11. The van der Waals surface area contributed by atoms with Crippen molar-refractivity contribution in [1.82, 2.24) is 0 Å². The molecule has 1 atom stereocenters. The Morgan fingerprint density at radius 2 is 1.74 bits per heavy atom. The van der Waals surface area contributed by atoms with E-state index in [1.54, 1.807) is 0 Å². The Kier molecular flexibility index (Phi) is 3.26. The number of benzene rings is 2. The largest absolute Gasteiger partial charge is 0.374 e. The van der Waals surface area contributed by atoms with Crippen LogP contribution in [0.2, 0.25) is 0 Å². The molecule has 0 aliphatic heterocycles. The van der Waals surface area contributed by atoms with E-state index >= 15 is 0 Å². The Morgan fingerprint density at radius 3 is 2.53 bits per heavy atom. The van der Waals surface area contributed by atoms with E-state index in [4.69, 9.17) is 5.73 Å². The molecule has 0 heterocycles. The smallest absolute Gasteiger partial charge is 0.0750 e. The fraction of sp³-hybridized carbons (Fsp3) is 0.294. The Hall–Kier alpha value is -1.80. The second-order valence-electron chi connectivity index (χ2n) is 5.29. The van der Waals surface area contributed by atoms with E-state index < -0.39 is 0 Å². The molecule has 0 aromatic heterocycles. The molecule has 3 N–H and O–H groups in total. The molecule has 0 fully saturated rings. The first kappa shape index (κ1) is 12.2. The number of nitrogens with two attached hydrogens (primary N) is 1. The monoisotopic (exact) mass is 252 g/mol. The summed E-state index contributed by atoms with van der Waals surface area (Å²) in [4.78, 5) is 0. The molecule has 2 aromatic rings. The first-order chi connectivity index (χ1) is 9.34. The van der Waals surface area contributed by atoms with Crippen molar-refractivity contribution in [2.45, 2.75) is 24.8 Å². The summed E-state index contributed by atoms with van der Waals surface area (Å²) in [5, 5.41) is 3.68. The third-order valence-corrected chi connectivity index (χ3v) is 4.09. The van der Waals surface area contributed by atoms with Crippen molar-refractivity contribution in [2.24, 2.45) is 5.73 Å². The predicted molar refractivity (Wildman–Crippen MR) is 80.2 cm³/mol. The number of rotatable bonds is 3. The lowest BCUT2D eigenvalue weighted by atomic mass is 9.76. The number of fused-ring (bicyclic) bond motifs is 1. The quantitative estimate of drug-likeness (QED) is 0.879. The molecule has 98 valence electrons. The minimum atomic E-state index is -0.115. The van der Waals surface area contributed by atoms with E-state index in [9.17, 15) is 0 Å². The van der Waals surface area contributed by atoms with E-state index in [0.29, 0.717) is 6.54 Å². The minimum Gasteiger partial charge on any atom is -0.374 e. The third-order valence-electron chi connectivity index (χ3n) is 4.09. The minimum absolute atomic E-state index is 0.115. The first-order valence-corrected chi connectivity index (χ1v) is 6.96. The van der Waals surface area contributed by atoms with Crippen molar-refractivity contribution in [2.75, 3.05) is 11.9 Å². The van der Waals surface area contributed by atoms with Crippen molar-refractivity contribution in [1.29, 1.82) is 0 Å². The zero-order chi connectivity index (χ0) is 13.1. The van der Waals surface area contributed by atoms with Gasteiger partial charge in [0.05, 0.1) is 5.54 Å². The average Bonchev–Trinajstić information content (AvgIpc) is 2.49. The van der Waals surface area contributed by atoms with Crippen LogP contribution in [0.25, 0.3) is 0 Å². The van der Waals surface area contributed by atoms with Crippen molar-refractivity contribution in [3.05, 3.63) is 65.7 Å². The molecule has 0 radical (unpaired) electrons. The van der Waals surface area contributed by atoms with Crippen molar-refractivity contribution < 1.29 is 0 Å². The van der Waals surface area contributed by atoms with Crippen molar-refractivity contribution in [3.8, 4) is 0 Å². The highest BCUT2D eigenvalue weighted by Crippen LogP contribution is 2.37. The van der Waals surface area contributed by atoms with Crippen LogP contribution in [0.15, 0.2) is 54.6 Å². The third kappa shape index (κ3) is 2.24. The molecule has 0 spiro atoms. The van der Waals surface area contributed by atoms with Crippen LogP contribution in [0.1, 0.15) is 24.0 Å². The summed E-state index contributed by atoms with van der Waals surface area (Å²) in [5.74, 6) is 0. The summed E-state index contributed by atoms with van der Waals surface area (Å²) in [6.07, 6.45) is 3.44. The van der Waals surface area contributed by atoms with E-state index in [0.717, 1.165) is 18.5 Å². The Balaban J connectivity index is 2.00. The normalized spacial score (nSPS) is 21.7. The maximum atomic E-state index is 6.14. The summed E-state index contributed by atoms with van der Waals surface area (Å²) < 4.78 is 0. The van der Waals surface area contributed by atoms with Gasteiger partial charge in [0.2, 0.25) is 0 Å². The number of para-hydroxylation sites is 1. The summed E-state index contributed by atoms with van der Waals surface area (Å²) in [5.41, 5.74) is 9.97. The Bertz CT molecular complexity index is 550.